The molecule has 2 aliphatic carbocycles. The highest BCUT2D eigenvalue weighted by Crippen LogP contribution is 2.53. The van der Waals surface area contributed by atoms with E-state index in [0.29, 0.717) is 0 Å². The van der Waals surface area contributed by atoms with Gasteiger partial charge in [0.05, 0.1) is 0 Å². The predicted octanol–water partition coefficient (Wildman–Crippen LogP) is 21.6. The monoisotopic (exact) mass is 1020 g/mol. The maximum Gasteiger partial charge on any atom is 0.0465 e. The number of hydrogen-bond acceptors (Lipinski definition) is 2. The van der Waals surface area contributed by atoms with Crippen LogP contribution in [0.1, 0.15) is 72.2 Å². The average molecular weight is 1020 g/mol. The van der Waals surface area contributed by atoms with Gasteiger partial charge in [-0.05, 0) is 183 Å². The van der Waals surface area contributed by atoms with Gasteiger partial charge in [0.1, 0.15) is 0 Å². The first-order chi connectivity index (χ1) is 39.2. The average Bonchev–Trinajstić information content (AvgIpc) is 3.68. The Morgan fingerprint density at radius 1 is 0.250 bits per heavy atom. The minimum Gasteiger partial charge on any atom is -0.310 e. The van der Waals surface area contributed by atoms with E-state index in [1.165, 1.54) is 110 Å². The number of benzene rings is 13. The molecular weight excluding hydrogens is 965 g/mol. The van der Waals surface area contributed by atoms with E-state index in [0.717, 1.165) is 34.1 Å². The number of anilines is 6. The maximum absolute atomic E-state index is 2.41. The van der Waals surface area contributed by atoms with Gasteiger partial charge in [-0.3, -0.25) is 0 Å². The smallest absolute Gasteiger partial charge is 0.0465 e. The lowest BCUT2D eigenvalue weighted by Gasteiger charge is -2.28. The number of rotatable bonds is 10. The van der Waals surface area contributed by atoms with E-state index >= 15 is 0 Å². The zero-order chi connectivity index (χ0) is 53.7. The fraction of sp³-hybridized carbons (Fsp3) is 0.0769. The third kappa shape index (κ3) is 7.54. The molecule has 0 atom stereocenters. The minimum absolute atomic E-state index is 0.179. The Morgan fingerprint density at radius 2 is 0.562 bits per heavy atom. The normalized spacial score (nSPS) is 13.8. The second-order valence-electron chi connectivity index (χ2n) is 22.9. The van der Waals surface area contributed by atoms with Crippen LogP contribution in [0.25, 0.3) is 89.6 Å². The fourth-order valence-electron chi connectivity index (χ4n) is 13.6. The maximum atomic E-state index is 2.41. The van der Waals surface area contributed by atoms with Gasteiger partial charge in [0.2, 0.25) is 0 Å². The van der Waals surface area contributed by atoms with Crippen LogP contribution in [0.2, 0.25) is 0 Å². The summed E-state index contributed by atoms with van der Waals surface area (Å²) in [4.78, 5) is 4.72. The van der Waals surface area contributed by atoms with Crippen LogP contribution < -0.4 is 9.80 Å². The molecule has 15 rings (SSSR count). The molecule has 0 heterocycles. The molecule has 0 fully saturated rings. The predicted molar refractivity (Wildman–Crippen MR) is 343 cm³/mol. The van der Waals surface area contributed by atoms with Gasteiger partial charge in [-0.2, -0.15) is 0 Å². The highest BCUT2D eigenvalue weighted by atomic mass is 15.1. The van der Waals surface area contributed by atoms with Gasteiger partial charge in [0.25, 0.3) is 0 Å². The molecule has 2 heteroatoms. The van der Waals surface area contributed by atoms with Crippen molar-refractivity contribution in [1.29, 1.82) is 0 Å². The Balaban J connectivity index is 0.728. The molecule has 13 aromatic carbocycles. The van der Waals surface area contributed by atoms with Crippen LogP contribution in [-0.4, -0.2) is 0 Å². The van der Waals surface area contributed by atoms with E-state index in [1.807, 2.05) is 0 Å². The van der Waals surface area contributed by atoms with E-state index in [1.54, 1.807) is 0 Å². The minimum atomic E-state index is -0.179. The summed E-state index contributed by atoms with van der Waals surface area (Å²) in [6, 6.07) is 93.9. The molecule has 0 aliphatic heterocycles. The van der Waals surface area contributed by atoms with Crippen LogP contribution in [0, 0.1) is 0 Å². The Kier molecular flexibility index (Phi) is 10.9. The van der Waals surface area contributed by atoms with Gasteiger partial charge in [-0.1, -0.05) is 234 Å². The Labute approximate surface area is 468 Å². The van der Waals surface area contributed by atoms with Crippen LogP contribution in [0.15, 0.2) is 255 Å². The number of fused-ring (bicyclic) bond motifs is 8. The van der Waals surface area contributed by atoms with Gasteiger partial charge in [-0.15, -0.1) is 0 Å². The second kappa shape index (κ2) is 18.4. The third-order valence-electron chi connectivity index (χ3n) is 17.6. The lowest BCUT2D eigenvalue weighted by molar-refractivity contribution is 0.660. The van der Waals surface area contributed by atoms with Crippen LogP contribution in [0.4, 0.5) is 34.1 Å². The molecular formula is C78H58N2. The zero-order valence-corrected chi connectivity index (χ0v) is 45.5. The number of hydrogen-bond donors (Lipinski definition) is 0. The second-order valence-corrected chi connectivity index (χ2v) is 22.9. The van der Waals surface area contributed by atoms with Gasteiger partial charge in [-0.25, -0.2) is 0 Å². The highest BCUT2D eigenvalue weighted by Gasteiger charge is 2.38. The van der Waals surface area contributed by atoms with Crippen LogP contribution in [0.3, 0.4) is 0 Å². The van der Waals surface area contributed by atoms with Crippen molar-refractivity contribution in [2.75, 3.05) is 9.80 Å². The molecule has 0 bridgehead atoms. The van der Waals surface area contributed by atoms with Gasteiger partial charge in [0.15, 0.2) is 0 Å². The molecule has 0 unspecified atom stereocenters. The van der Waals surface area contributed by atoms with Crippen LogP contribution in [0.5, 0.6) is 0 Å². The Morgan fingerprint density at radius 3 is 0.925 bits per heavy atom. The molecule has 0 saturated carbocycles. The van der Waals surface area contributed by atoms with Crippen molar-refractivity contribution >= 4 is 102 Å². The van der Waals surface area contributed by atoms with Crippen molar-refractivity contribution in [2.24, 2.45) is 0 Å². The Bertz CT molecular complexity index is 4230. The van der Waals surface area contributed by atoms with Crippen molar-refractivity contribution in [1.82, 2.24) is 0 Å². The number of nitrogens with zero attached hydrogens (tertiary/aromatic N) is 2. The molecule has 2 aliphatic rings. The zero-order valence-electron chi connectivity index (χ0n) is 45.5. The van der Waals surface area contributed by atoms with Gasteiger partial charge < -0.3 is 9.80 Å². The SMILES string of the molecule is CC1(C)c2cc(C=Cc3ccc4c5cccc6c(C=Cc7ccc8c(c7)C(C)(C)c7cc(N(c9ccccc9)c9ccccc9)ccc7-8)ccc(c7cccc3c74)c65)ccc2-c2ccc(N(c3ccccc3)c3ccccc3)cc21. The summed E-state index contributed by atoms with van der Waals surface area (Å²) < 4.78 is 0. The van der Waals surface area contributed by atoms with Crippen molar-refractivity contribution in [3.05, 3.63) is 299 Å². The van der Waals surface area contributed by atoms with Crippen LogP contribution >= 0.6 is 0 Å². The lowest BCUT2D eigenvalue weighted by atomic mass is 9.81. The third-order valence-corrected chi connectivity index (χ3v) is 17.6. The highest BCUT2D eigenvalue weighted by molar-refractivity contribution is 6.34. The molecule has 0 aromatic heterocycles. The van der Waals surface area contributed by atoms with Crippen molar-refractivity contribution in [2.45, 2.75) is 38.5 Å². The molecule has 80 heavy (non-hydrogen) atoms. The summed E-state index contributed by atoms with van der Waals surface area (Å²) in [6.45, 7) is 9.51. The van der Waals surface area contributed by atoms with Gasteiger partial charge >= 0.3 is 0 Å². The Hall–Kier alpha value is -9.76. The van der Waals surface area contributed by atoms with Gasteiger partial charge in [0, 0.05) is 45.0 Å². The van der Waals surface area contributed by atoms with Crippen molar-refractivity contribution < 1.29 is 0 Å². The first-order valence-corrected chi connectivity index (χ1v) is 28.1. The quantitative estimate of drug-likeness (QED) is 0.0765. The summed E-state index contributed by atoms with van der Waals surface area (Å²) in [7, 11) is 0. The summed E-state index contributed by atoms with van der Waals surface area (Å²) >= 11 is 0. The van der Waals surface area contributed by atoms with E-state index in [-0.39, 0.29) is 10.8 Å². The topological polar surface area (TPSA) is 6.48 Å². The molecule has 0 N–H and O–H groups in total. The molecule has 0 amide bonds. The van der Waals surface area contributed by atoms with E-state index in [2.05, 4.69) is 317 Å². The summed E-state index contributed by atoms with van der Waals surface area (Å²) in [5.74, 6) is 0. The van der Waals surface area contributed by atoms with E-state index < -0.39 is 0 Å². The summed E-state index contributed by atoms with van der Waals surface area (Å²) in [5, 5.41) is 10.4. The molecule has 380 valence electrons. The van der Waals surface area contributed by atoms with Crippen molar-refractivity contribution in [3.63, 3.8) is 0 Å². The molecule has 0 spiro atoms. The van der Waals surface area contributed by atoms with Crippen LogP contribution in [-0.2, 0) is 10.8 Å². The molecule has 0 saturated heterocycles. The lowest BCUT2D eigenvalue weighted by Crippen LogP contribution is -2.16. The number of para-hydroxylation sites is 4. The standard InChI is InChI=1S/C78H58N2/c1-77(2)71-47-51(33-41-63(71)65-45-39-59(49-73(65)77)79(55-19-9-5-10-20-55)56-21-11-6-12-22-56)31-35-53-37-43-69-68-30-18-28-62-54(38-44-70(76(62)68)67-29-17-27-61(53)75(67)69)36-32-52-34-42-64-66-46-40-60(50-74(66)78(3,4)72(64)48-52)80(57-23-13-7-14-24-57)58-25-15-8-16-26-58/h5-50H,1-4H3. The van der Waals surface area contributed by atoms with E-state index in [9.17, 15) is 0 Å². The summed E-state index contributed by atoms with van der Waals surface area (Å²) in [6.07, 6.45) is 9.25. The summed E-state index contributed by atoms with van der Waals surface area (Å²) in [5.41, 5.74) is 22.1. The van der Waals surface area contributed by atoms with E-state index in [4.69, 9.17) is 0 Å². The molecule has 13 aromatic rings. The first kappa shape index (κ1) is 47.5. The molecule has 0 radical (unpaired) electrons. The van der Waals surface area contributed by atoms with Crippen molar-refractivity contribution in [3.8, 4) is 22.3 Å². The molecule has 2 nitrogen and oxygen atoms in total. The fourth-order valence-corrected chi connectivity index (χ4v) is 13.6. The first-order valence-electron chi connectivity index (χ1n) is 28.1. The largest absolute Gasteiger partial charge is 0.310 e.